The number of anilines is 1. The highest BCUT2D eigenvalue weighted by atomic mass is 79.9. The molecule has 0 unspecified atom stereocenters. The zero-order valence-corrected chi connectivity index (χ0v) is 18.3. The number of nitrogens with one attached hydrogen (secondary N) is 1. The molecule has 0 fully saturated rings. The number of nitrogens with zero attached hydrogens (tertiary/aromatic N) is 1. The fraction of sp³-hybridized carbons (Fsp3) is 0.120. The van der Waals surface area contributed by atoms with Crippen LogP contribution in [0.1, 0.15) is 27.8 Å². The summed E-state index contributed by atoms with van der Waals surface area (Å²) in [7, 11) is 0. The van der Waals surface area contributed by atoms with E-state index in [1.165, 1.54) is 12.1 Å². The van der Waals surface area contributed by atoms with Crippen molar-refractivity contribution in [3.63, 3.8) is 0 Å². The van der Waals surface area contributed by atoms with Gasteiger partial charge in [0.25, 0.3) is 5.91 Å². The van der Waals surface area contributed by atoms with Crippen LogP contribution >= 0.6 is 15.9 Å². The molecule has 0 saturated carbocycles. The second-order valence-corrected chi connectivity index (χ2v) is 8.01. The van der Waals surface area contributed by atoms with E-state index in [1.54, 1.807) is 12.1 Å². The predicted molar refractivity (Wildman–Crippen MR) is 121 cm³/mol. The Bertz CT molecular complexity index is 1180. The van der Waals surface area contributed by atoms with Crippen LogP contribution in [0.3, 0.4) is 0 Å². The first-order chi connectivity index (χ1) is 14.4. The first-order valence-electron chi connectivity index (χ1n) is 9.39. The molecule has 150 valence electrons. The molecule has 30 heavy (non-hydrogen) atoms. The summed E-state index contributed by atoms with van der Waals surface area (Å²) in [5.41, 5.74) is 5.02. The number of benzene rings is 3. The van der Waals surface area contributed by atoms with Crippen LogP contribution in [0.15, 0.2) is 70.7 Å². The molecular weight excluding hydrogens is 443 g/mol. The quantitative estimate of drug-likeness (QED) is 0.355. The van der Waals surface area contributed by atoms with Gasteiger partial charge in [0, 0.05) is 10.2 Å². The summed E-state index contributed by atoms with van der Waals surface area (Å²) in [6, 6.07) is 19.8. The molecule has 3 rings (SSSR count). The molecule has 0 aliphatic heterocycles. The van der Waals surface area contributed by atoms with E-state index < -0.39 is 5.91 Å². The second-order valence-electron chi connectivity index (χ2n) is 7.09. The first kappa shape index (κ1) is 21.5. The number of hydrogen-bond donors (Lipinski definition) is 1. The minimum atomic E-state index is -0.470. The highest BCUT2D eigenvalue weighted by molar-refractivity contribution is 9.10. The maximum atomic E-state index is 13.6. The van der Waals surface area contributed by atoms with Crippen molar-refractivity contribution in [2.45, 2.75) is 20.3 Å². The lowest BCUT2D eigenvalue weighted by Gasteiger charge is -2.10. The van der Waals surface area contributed by atoms with Crippen molar-refractivity contribution in [1.82, 2.24) is 0 Å². The molecule has 0 spiro atoms. The van der Waals surface area contributed by atoms with Crippen LogP contribution < -0.4 is 5.32 Å². The van der Waals surface area contributed by atoms with E-state index in [0.29, 0.717) is 12.1 Å². The summed E-state index contributed by atoms with van der Waals surface area (Å²) in [6.45, 7) is 3.84. The second kappa shape index (κ2) is 9.51. The number of carbonyl (C=O) groups excluding carboxylic acids is 1. The van der Waals surface area contributed by atoms with Gasteiger partial charge in [0.15, 0.2) is 0 Å². The molecule has 0 aliphatic rings. The lowest BCUT2D eigenvalue weighted by molar-refractivity contribution is -0.112. The Labute approximate surface area is 184 Å². The van der Waals surface area contributed by atoms with Crippen molar-refractivity contribution < 1.29 is 9.18 Å². The monoisotopic (exact) mass is 462 g/mol. The Morgan fingerprint density at radius 1 is 1.13 bits per heavy atom. The van der Waals surface area contributed by atoms with Crippen LogP contribution in [0.25, 0.3) is 6.08 Å². The third-order valence-electron chi connectivity index (χ3n) is 4.70. The normalized spacial score (nSPS) is 11.1. The fourth-order valence-corrected chi connectivity index (χ4v) is 3.47. The number of amides is 1. The van der Waals surface area contributed by atoms with E-state index >= 15 is 0 Å². The summed E-state index contributed by atoms with van der Waals surface area (Å²) in [5.74, 6) is -0.768. The maximum absolute atomic E-state index is 13.6. The average molecular weight is 463 g/mol. The lowest BCUT2D eigenvalue weighted by atomic mass is 9.98. The topological polar surface area (TPSA) is 52.9 Å². The highest BCUT2D eigenvalue weighted by Gasteiger charge is 2.13. The summed E-state index contributed by atoms with van der Waals surface area (Å²) >= 11 is 3.44. The molecule has 0 radical (unpaired) electrons. The van der Waals surface area contributed by atoms with Gasteiger partial charge in [-0.2, -0.15) is 5.26 Å². The summed E-state index contributed by atoms with van der Waals surface area (Å²) in [5, 5.41) is 12.4. The smallest absolute Gasteiger partial charge is 0.266 e. The zero-order chi connectivity index (χ0) is 21.7. The molecule has 0 aromatic heterocycles. The lowest BCUT2D eigenvalue weighted by Crippen LogP contribution is -2.14. The SMILES string of the molecule is Cc1ccc(C)c(NC(=O)/C(C#N)=C/c2cc(Br)ccc2Cc2cccc(F)c2)c1. The van der Waals surface area contributed by atoms with Gasteiger partial charge in [0.05, 0.1) is 0 Å². The van der Waals surface area contributed by atoms with Crippen LogP contribution in [0.4, 0.5) is 10.1 Å². The van der Waals surface area contributed by atoms with Crippen LogP contribution in [0.2, 0.25) is 0 Å². The van der Waals surface area contributed by atoms with E-state index in [9.17, 15) is 14.4 Å². The van der Waals surface area contributed by atoms with E-state index in [-0.39, 0.29) is 11.4 Å². The third kappa shape index (κ3) is 5.43. The summed E-state index contributed by atoms with van der Waals surface area (Å²) < 4.78 is 14.4. The van der Waals surface area contributed by atoms with Gasteiger partial charge >= 0.3 is 0 Å². The van der Waals surface area contributed by atoms with Gasteiger partial charge in [0.1, 0.15) is 17.5 Å². The minimum Gasteiger partial charge on any atom is -0.321 e. The molecule has 3 aromatic rings. The number of nitriles is 1. The third-order valence-corrected chi connectivity index (χ3v) is 5.19. The first-order valence-corrected chi connectivity index (χ1v) is 10.2. The standard InChI is InChI=1S/C25H20BrFN2O/c1-16-6-7-17(2)24(10-16)29-25(30)21(15-28)13-20-14-22(26)9-8-19(20)11-18-4-3-5-23(27)12-18/h3-10,12-14H,11H2,1-2H3,(H,29,30)/b21-13+. The Morgan fingerprint density at radius 2 is 1.93 bits per heavy atom. The number of aryl methyl sites for hydroxylation is 2. The molecule has 0 heterocycles. The molecule has 1 amide bonds. The Balaban J connectivity index is 1.93. The number of carbonyl (C=O) groups is 1. The van der Waals surface area contributed by atoms with Crippen LogP contribution in [-0.2, 0) is 11.2 Å². The van der Waals surface area contributed by atoms with E-state index in [4.69, 9.17) is 0 Å². The van der Waals surface area contributed by atoms with Gasteiger partial charge in [-0.15, -0.1) is 0 Å². The van der Waals surface area contributed by atoms with Crippen molar-refractivity contribution in [3.05, 3.63) is 104 Å². The minimum absolute atomic E-state index is 0.00509. The zero-order valence-electron chi connectivity index (χ0n) is 16.7. The number of rotatable bonds is 5. The Kier molecular flexibility index (Phi) is 6.81. The van der Waals surface area contributed by atoms with Gasteiger partial charge in [-0.05, 0) is 84.5 Å². The van der Waals surface area contributed by atoms with Gasteiger partial charge in [-0.1, -0.05) is 46.3 Å². The van der Waals surface area contributed by atoms with Gasteiger partial charge < -0.3 is 5.32 Å². The van der Waals surface area contributed by atoms with Crippen LogP contribution in [0, 0.1) is 31.0 Å². The van der Waals surface area contributed by atoms with Crippen molar-refractivity contribution in [2.24, 2.45) is 0 Å². The van der Waals surface area contributed by atoms with Crippen LogP contribution in [-0.4, -0.2) is 5.91 Å². The molecule has 0 aliphatic carbocycles. The molecule has 0 saturated heterocycles. The summed E-state index contributed by atoms with van der Waals surface area (Å²) in [6.07, 6.45) is 2.05. The molecule has 1 N–H and O–H groups in total. The molecule has 3 aromatic carbocycles. The molecular formula is C25H20BrFN2O. The van der Waals surface area contributed by atoms with Crippen molar-refractivity contribution in [1.29, 1.82) is 5.26 Å². The fourth-order valence-electron chi connectivity index (χ4n) is 3.09. The van der Waals surface area contributed by atoms with Crippen molar-refractivity contribution in [2.75, 3.05) is 5.32 Å². The van der Waals surface area contributed by atoms with E-state index in [0.717, 1.165) is 32.3 Å². The molecule has 5 heteroatoms. The number of hydrogen-bond acceptors (Lipinski definition) is 2. The van der Waals surface area contributed by atoms with Crippen molar-refractivity contribution in [3.8, 4) is 6.07 Å². The summed E-state index contributed by atoms with van der Waals surface area (Å²) in [4.78, 5) is 12.7. The largest absolute Gasteiger partial charge is 0.321 e. The Morgan fingerprint density at radius 3 is 2.67 bits per heavy atom. The molecule has 0 atom stereocenters. The molecule has 3 nitrogen and oxygen atoms in total. The van der Waals surface area contributed by atoms with E-state index in [2.05, 4.69) is 21.2 Å². The Hall–Kier alpha value is -3.23. The van der Waals surface area contributed by atoms with Crippen LogP contribution in [0.5, 0.6) is 0 Å². The van der Waals surface area contributed by atoms with Gasteiger partial charge in [-0.3, -0.25) is 4.79 Å². The predicted octanol–water partition coefficient (Wildman–Crippen LogP) is 6.34. The van der Waals surface area contributed by atoms with Gasteiger partial charge in [0.2, 0.25) is 0 Å². The number of halogens is 2. The highest BCUT2D eigenvalue weighted by Crippen LogP contribution is 2.23. The van der Waals surface area contributed by atoms with E-state index in [1.807, 2.05) is 62.4 Å². The maximum Gasteiger partial charge on any atom is 0.266 e. The van der Waals surface area contributed by atoms with Gasteiger partial charge in [-0.25, -0.2) is 4.39 Å². The van der Waals surface area contributed by atoms with Crippen molar-refractivity contribution >= 4 is 33.6 Å². The average Bonchev–Trinajstić information content (AvgIpc) is 2.70. The molecule has 0 bridgehead atoms.